The molecule has 2 aromatic carbocycles. The van der Waals surface area contributed by atoms with Crippen molar-refractivity contribution >= 4 is 10.0 Å². The Morgan fingerprint density at radius 1 is 1.12 bits per heavy atom. The summed E-state index contributed by atoms with van der Waals surface area (Å²) in [5.74, 6) is 0.734. The van der Waals surface area contributed by atoms with Crippen LogP contribution in [0.15, 0.2) is 59.8 Å². The van der Waals surface area contributed by atoms with E-state index in [4.69, 9.17) is 4.74 Å². The Morgan fingerprint density at radius 2 is 1.88 bits per heavy atom. The Balaban J connectivity index is 1.72. The predicted octanol–water partition coefficient (Wildman–Crippen LogP) is 1.33. The van der Waals surface area contributed by atoms with Crippen LogP contribution in [-0.2, 0) is 16.6 Å². The van der Waals surface area contributed by atoms with Crippen molar-refractivity contribution in [3.63, 3.8) is 0 Å². The average molecular weight is 359 g/mol. The molecule has 1 heterocycles. The molecule has 1 aromatic heterocycles. The largest absolute Gasteiger partial charge is 0.496 e. The highest BCUT2D eigenvalue weighted by Gasteiger charge is 2.14. The number of nitrogens with zero attached hydrogens (tertiary/aromatic N) is 4. The summed E-state index contributed by atoms with van der Waals surface area (Å²) < 4.78 is 34.0. The fourth-order valence-corrected chi connectivity index (χ4v) is 3.38. The summed E-state index contributed by atoms with van der Waals surface area (Å²) in [5.41, 5.74) is 1.78. The van der Waals surface area contributed by atoms with Crippen LogP contribution in [0.25, 0.3) is 11.1 Å². The third-order valence-corrected chi connectivity index (χ3v) is 5.08. The predicted molar refractivity (Wildman–Crippen MR) is 91.4 cm³/mol. The van der Waals surface area contributed by atoms with Gasteiger partial charge in [-0.2, -0.15) is 0 Å². The van der Waals surface area contributed by atoms with Crippen molar-refractivity contribution in [3.8, 4) is 16.9 Å². The van der Waals surface area contributed by atoms with Crippen LogP contribution in [0.4, 0.5) is 0 Å². The lowest BCUT2D eigenvalue weighted by Gasteiger charge is -2.10. The Morgan fingerprint density at radius 3 is 2.56 bits per heavy atom. The van der Waals surface area contributed by atoms with Gasteiger partial charge in [0.25, 0.3) is 0 Å². The standard InChI is InChI=1S/C16H17N5O3S/c1-24-16-5-3-2-4-15(16)13-6-8-14(9-7-13)25(22,23)18-10-11-21-12-17-19-20-21/h2-9,12,18H,10-11H2,1H3. The first-order valence-electron chi connectivity index (χ1n) is 7.54. The lowest BCUT2D eigenvalue weighted by molar-refractivity contribution is 0.416. The summed E-state index contributed by atoms with van der Waals surface area (Å²) in [6, 6.07) is 14.2. The van der Waals surface area contributed by atoms with Crippen LogP contribution in [0.2, 0.25) is 0 Å². The van der Waals surface area contributed by atoms with Gasteiger partial charge in [-0.25, -0.2) is 17.8 Å². The van der Waals surface area contributed by atoms with Gasteiger partial charge in [0.2, 0.25) is 10.0 Å². The number of ether oxygens (including phenoxy) is 1. The van der Waals surface area contributed by atoms with Crippen molar-refractivity contribution in [3.05, 3.63) is 54.9 Å². The van der Waals surface area contributed by atoms with E-state index < -0.39 is 10.0 Å². The maximum absolute atomic E-state index is 12.3. The maximum Gasteiger partial charge on any atom is 0.240 e. The molecule has 0 amide bonds. The Labute approximate surface area is 145 Å². The van der Waals surface area contributed by atoms with Crippen molar-refractivity contribution in [2.45, 2.75) is 11.4 Å². The van der Waals surface area contributed by atoms with Gasteiger partial charge in [0.05, 0.1) is 18.6 Å². The van der Waals surface area contributed by atoms with E-state index in [9.17, 15) is 8.42 Å². The normalized spacial score (nSPS) is 11.4. The van der Waals surface area contributed by atoms with E-state index >= 15 is 0 Å². The number of sulfonamides is 1. The molecule has 0 saturated heterocycles. The van der Waals surface area contributed by atoms with Crippen LogP contribution in [0.1, 0.15) is 0 Å². The number of hydrogen-bond acceptors (Lipinski definition) is 6. The van der Waals surface area contributed by atoms with Gasteiger partial charge in [-0.15, -0.1) is 5.10 Å². The molecular weight excluding hydrogens is 342 g/mol. The highest BCUT2D eigenvalue weighted by Crippen LogP contribution is 2.30. The fraction of sp³-hybridized carbons (Fsp3) is 0.188. The van der Waals surface area contributed by atoms with Crippen LogP contribution in [-0.4, -0.2) is 42.3 Å². The third-order valence-electron chi connectivity index (χ3n) is 3.61. The van der Waals surface area contributed by atoms with E-state index in [0.717, 1.165) is 16.9 Å². The van der Waals surface area contributed by atoms with Gasteiger partial charge in [0.15, 0.2) is 0 Å². The Bertz CT molecular complexity index is 925. The highest BCUT2D eigenvalue weighted by molar-refractivity contribution is 7.89. The molecule has 9 heteroatoms. The molecular formula is C16H17N5O3S. The van der Waals surface area contributed by atoms with Gasteiger partial charge in [-0.3, -0.25) is 0 Å². The fourth-order valence-electron chi connectivity index (χ4n) is 2.36. The molecule has 0 saturated carbocycles. The average Bonchev–Trinajstić information content (AvgIpc) is 3.15. The molecule has 0 fully saturated rings. The van der Waals surface area contributed by atoms with Crippen LogP contribution in [0.3, 0.4) is 0 Å². The second kappa shape index (κ2) is 7.41. The third kappa shape index (κ3) is 4.01. The lowest BCUT2D eigenvalue weighted by atomic mass is 10.1. The highest BCUT2D eigenvalue weighted by atomic mass is 32.2. The van der Waals surface area contributed by atoms with Crippen LogP contribution < -0.4 is 9.46 Å². The molecule has 0 atom stereocenters. The van der Waals surface area contributed by atoms with Gasteiger partial charge in [0.1, 0.15) is 12.1 Å². The second-order valence-electron chi connectivity index (χ2n) is 5.20. The van der Waals surface area contributed by atoms with E-state index in [1.54, 1.807) is 31.4 Å². The van der Waals surface area contributed by atoms with Gasteiger partial charge >= 0.3 is 0 Å². The minimum atomic E-state index is -3.59. The van der Waals surface area contributed by atoms with Crippen molar-refractivity contribution < 1.29 is 13.2 Å². The molecule has 0 radical (unpaired) electrons. The van der Waals surface area contributed by atoms with Crippen molar-refractivity contribution in [1.29, 1.82) is 0 Å². The molecule has 0 unspecified atom stereocenters. The Kier molecular flexibility index (Phi) is 5.05. The van der Waals surface area contributed by atoms with E-state index in [1.165, 1.54) is 11.0 Å². The summed E-state index contributed by atoms with van der Waals surface area (Å²) >= 11 is 0. The van der Waals surface area contributed by atoms with Crippen molar-refractivity contribution in [1.82, 2.24) is 24.9 Å². The quantitative estimate of drug-likeness (QED) is 0.683. The lowest BCUT2D eigenvalue weighted by Crippen LogP contribution is -2.27. The zero-order valence-electron chi connectivity index (χ0n) is 13.5. The SMILES string of the molecule is COc1ccccc1-c1ccc(S(=O)(=O)NCCn2cnnn2)cc1. The molecule has 1 N–H and O–H groups in total. The van der Waals surface area contributed by atoms with Gasteiger partial charge < -0.3 is 4.74 Å². The zero-order chi connectivity index (χ0) is 17.7. The van der Waals surface area contributed by atoms with E-state index in [0.29, 0.717) is 6.54 Å². The molecule has 0 aliphatic heterocycles. The van der Waals surface area contributed by atoms with Crippen LogP contribution >= 0.6 is 0 Å². The molecule has 0 spiro atoms. The van der Waals surface area contributed by atoms with Gasteiger partial charge in [-0.05, 0) is 34.2 Å². The molecule has 25 heavy (non-hydrogen) atoms. The van der Waals surface area contributed by atoms with Gasteiger partial charge in [0, 0.05) is 12.1 Å². The Hall–Kier alpha value is -2.78. The molecule has 0 aliphatic carbocycles. The van der Waals surface area contributed by atoms with Crippen molar-refractivity contribution in [2.24, 2.45) is 0 Å². The number of para-hydroxylation sites is 1. The summed E-state index contributed by atoms with van der Waals surface area (Å²) in [5, 5.41) is 10.7. The topological polar surface area (TPSA) is 99.0 Å². The van der Waals surface area contributed by atoms with E-state index in [1.807, 2.05) is 24.3 Å². The first kappa shape index (κ1) is 17.1. The number of benzene rings is 2. The number of tetrazole rings is 1. The zero-order valence-corrected chi connectivity index (χ0v) is 14.3. The molecule has 3 aromatic rings. The number of hydrogen-bond donors (Lipinski definition) is 1. The summed E-state index contributed by atoms with van der Waals surface area (Å²) in [7, 11) is -1.99. The maximum atomic E-state index is 12.3. The molecule has 130 valence electrons. The number of nitrogens with one attached hydrogen (secondary N) is 1. The molecule has 3 rings (SSSR count). The summed E-state index contributed by atoms with van der Waals surface area (Å²) in [6.07, 6.45) is 1.43. The summed E-state index contributed by atoms with van der Waals surface area (Å²) in [4.78, 5) is 0.197. The smallest absolute Gasteiger partial charge is 0.240 e. The molecule has 0 aliphatic rings. The minimum absolute atomic E-state index is 0.196. The van der Waals surface area contributed by atoms with E-state index in [-0.39, 0.29) is 11.4 Å². The number of aromatic nitrogens is 4. The van der Waals surface area contributed by atoms with E-state index in [2.05, 4.69) is 20.2 Å². The molecule has 0 bridgehead atoms. The van der Waals surface area contributed by atoms with Crippen LogP contribution in [0.5, 0.6) is 5.75 Å². The summed E-state index contributed by atoms with van der Waals surface area (Å²) in [6.45, 7) is 0.549. The second-order valence-corrected chi connectivity index (χ2v) is 6.96. The van der Waals surface area contributed by atoms with Crippen molar-refractivity contribution in [2.75, 3.05) is 13.7 Å². The first-order valence-corrected chi connectivity index (χ1v) is 9.02. The monoisotopic (exact) mass is 359 g/mol. The first-order chi connectivity index (χ1) is 12.1. The number of methoxy groups -OCH3 is 1. The van der Waals surface area contributed by atoms with Gasteiger partial charge in [-0.1, -0.05) is 30.3 Å². The molecule has 8 nitrogen and oxygen atoms in total. The minimum Gasteiger partial charge on any atom is -0.496 e. The van der Waals surface area contributed by atoms with Crippen LogP contribution in [0, 0.1) is 0 Å². The number of rotatable bonds is 7.